The topological polar surface area (TPSA) is 126 Å². The Morgan fingerprint density at radius 2 is 1.86 bits per heavy atom. The molecule has 2 fully saturated rings. The Balaban J connectivity index is 1.47. The average molecular weight is 603 g/mol. The smallest absolute Gasteiger partial charge is 0.318 e. The minimum Gasteiger partial charge on any atom is -0.338 e. The number of nitriles is 1. The van der Waals surface area contributed by atoms with Crippen molar-refractivity contribution in [2.24, 2.45) is 5.41 Å². The number of carbonyl (C=O) groups excluding carboxylic acids is 4. The number of amides is 5. The van der Waals surface area contributed by atoms with E-state index in [0.717, 1.165) is 5.56 Å². The Hall–Kier alpha value is -4.46. The summed E-state index contributed by atoms with van der Waals surface area (Å²) in [5.74, 6) is -1.50. The predicted molar refractivity (Wildman–Crippen MR) is 162 cm³/mol. The minimum atomic E-state index is -1.06. The first-order valence-electron chi connectivity index (χ1n) is 15.0. The van der Waals surface area contributed by atoms with Crippen LogP contribution in [0, 0.1) is 22.6 Å². The van der Waals surface area contributed by atoms with Crippen molar-refractivity contribution in [3.8, 4) is 6.07 Å². The van der Waals surface area contributed by atoms with Crippen molar-refractivity contribution in [1.29, 1.82) is 5.26 Å². The van der Waals surface area contributed by atoms with Gasteiger partial charge in [0, 0.05) is 45.2 Å². The Kier molecular flexibility index (Phi) is 8.38. The minimum absolute atomic E-state index is 0.0170. The number of rotatable bonds is 7. The highest BCUT2D eigenvalue weighted by atomic mass is 19.1. The van der Waals surface area contributed by atoms with Crippen LogP contribution >= 0.6 is 0 Å². The van der Waals surface area contributed by atoms with E-state index < -0.39 is 41.2 Å². The number of anilines is 1. The highest BCUT2D eigenvalue weighted by Crippen LogP contribution is 2.46. The summed E-state index contributed by atoms with van der Waals surface area (Å²) in [6.45, 7) is 6.77. The summed E-state index contributed by atoms with van der Waals surface area (Å²) in [5, 5.41) is 15.9. The lowest BCUT2D eigenvalue weighted by Gasteiger charge is -2.40. The zero-order chi connectivity index (χ0) is 31.8. The Bertz CT molecular complexity index is 1500. The Labute approximate surface area is 257 Å². The molecule has 0 radical (unpaired) electrons. The molecule has 4 atom stereocenters. The fourth-order valence-electron chi connectivity index (χ4n) is 6.66. The second-order valence-electron chi connectivity index (χ2n) is 13.3. The molecule has 10 nitrogen and oxygen atoms in total. The van der Waals surface area contributed by atoms with E-state index in [1.54, 1.807) is 25.2 Å². The van der Waals surface area contributed by atoms with Gasteiger partial charge in [0.1, 0.15) is 23.9 Å². The van der Waals surface area contributed by atoms with Gasteiger partial charge in [0.15, 0.2) is 0 Å². The third kappa shape index (κ3) is 5.85. The Morgan fingerprint density at radius 1 is 1.16 bits per heavy atom. The predicted octanol–water partition coefficient (Wildman–Crippen LogP) is 3.43. The molecule has 1 spiro atoms. The van der Waals surface area contributed by atoms with Crippen molar-refractivity contribution >= 4 is 29.4 Å². The van der Waals surface area contributed by atoms with Gasteiger partial charge in [0.25, 0.3) is 0 Å². The molecule has 5 amide bonds. The van der Waals surface area contributed by atoms with E-state index in [9.17, 15) is 28.8 Å². The summed E-state index contributed by atoms with van der Waals surface area (Å²) in [6.07, 6.45) is 1.22. The maximum atomic E-state index is 14.5. The number of benzene rings is 2. The number of urea groups is 1. The second-order valence-corrected chi connectivity index (χ2v) is 13.3. The number of hydrogen-bond donors (Lipinski definition) is 2. The highest BCUT2D eigenvalue weighted by molar-refractivity contribution is 6.07. The molecule has 0 bridgehead atoms. The molecule has 11 heteroatoms. The quantitative estimate of drug-likeness (QED) is 0.503. The molecule has 3 aliphatic rings. The summed E-state index contributed by atoms with van der Waals surface area (Å²) in [5.41, 5.74) is 0.657. The van der Waals surface area contributed by atoms with Crippen molar-refractivity contribution in [3.05, 3.63) is 65.5 Å². The third-order valence-electron chi connectivity index (χ3n) is 8.94. The fourth-order valence-corrected chi connectivity index (χ4v) is 6.66. The van der Waals surface area contributed by atoms with Crippen LogP contribution in [0.2, 0.25) is 0 Å². The summed E-state index contributed by atoms with van der Waals surface area (Å²) in [6, 6.07) is 12.2. The highest BCUT2D eigenvalue weighted by Gasteiger charge is 2.57. The lowest BCUT2D eigenvalue weighted by atomic mass is 9.80. The maximum absolute atomic E-state index is 14.5. The molecule has 3 aliphatic heterocycles. The molecule has 3 heterocycles. The molecule has 2 saturated heterocycles. The lowest BCUT2D eigenvalue weighted by Crippen LogP contribution is -2.60. The normalized spacial score (nSPS) is 22.6. The Morgan fingerprint density at radius 3 is 2.52 bits per heavy atom. The van der Waals surface area contributed by atoms with Gasteiger partial charge < -0.3 is 25.3 Å². The van der Waals surface area contributed by atoms with Crippen LogP contribution in [-0.4, -0.2) is 83.3 Å². The molecular weight excluding hydrogens is 563 g/mol. The first kappa shape index (κ1) is 31.0. The molecular formula is C33H39FN6O4. The van der Waals surface area contributed by atoms with Crippen LogP contribution < -0.4 is 10.6 Å². The number of carbonyl (C=O) groups is 4. The van der Waals surface area contributed by atoms with Crippen LogP contribution in [0.5, 0.6) is 0 Å². The van der Waals surface area contributed by atoms with Gasteiger partial charge in [0.05, 0.1) is 11.5 Å². The largest absolute Gasteiger partial charge is 0.338 e. The SMILES string of the molecule is CN(C(=O)[C@H](Cc1ccc(F)cc1)N1CCCNC1=O)[C@@H](CC(C)(C)C)C(=O)N1C[C@]2(C[C@H]1C#N)C(=O)Nc1ccccc12. The van der Waals surface area contributed by atoms with E-state index in [-0.39, 0.29) is 43.2 Å². The van der Waals surface area contributed by atoms with E-state index in [1.165, 1.54) is 26.8 Å². The molecule has 0 aromatic heterocycles. The van der Waals surface area contributed by atoms with Crippen molar-refractivity contribution in [2.75, 3.05) is 32.0 Å². The van der Waals surface area contributed by atoms with Gasteiger partial charge in [-0.15, -0.1) is 0 Å². The molecule has 2 aromatic rings. The summed E-state index contributed by atoms with van der Waals surface area (Å²) in [7, 11) is 1.56. The molecule has 0 unspecified atom stereocenters. The van der Waals surface area contributed by atoms with E-state index >= 15 is 0 Å². The standard InChI is InChI=1S/C33H39FN6O4/c1-32(2,3)18-27(29(42)40-20-33(17-23(40)19-35)24-8-5-6-9-25(24)37-30(33)43)38(4)28(41)26(39-15-7-14-36-31(39)44)16-21-10-12-22(34)13-11-21/h5-6,8-13,23,26-27H,7,14-18,20H2,1-4H3,(H,36,44)(H,37,43)/t23-,26-,27-,33-/m0/s1. The van der Waals surface area contributed by atoms with Crippen LogP contribution in [-0.2, 0) is 26.2 Å². The van der Waals surface area contributed by atoms with Crippen molar-refractivity contribution < 1.29 is 23.6 Å². The number of para-hydroxylation sites is 1. The number of halogens is 1. The number of fused-ring (bicyclic) bond motifs is 2. The zero-order valence-corrected chi connectivity index (χ0v) is 25.6. The zero-order valence-electron chi connectivity index (χ0n) is 25.6. The number of nitrogens with zero attached hydrogens (tertiary/aromatic N) is 4. The van der Waals surface area contributed by atoms with Gasteiger partial charge >= 0.3 is 6.03 Å². The van der Waals surface area contributed by atoms with Crippen molar-refractivity contribution in [2.45, 2.75) is 70.0 Å². The maximum Gasteiger partial charge on any atom is 0.318 e. The van der Waals surface area contributed by atoms with Gasteiger partial charge in [-0.1, -0.05) is 51.1 Å². The van der Waals surface area contributed by atoms with Crippen LogP contribution in [0.1, 0.15) is 51.2 Å². The van der Waals surface area contributed by atoms with Crippen molar-refractivity contribution in [1.82, 2.24) is 20.0 Å². The van der Waals surface area contributed by atoms with Crippen LogP contribution in [0.4, 0.5) is 14.9 Å². The molecule has 5 rings (SSSR count). The second kappa shape index (κ2) is 11.9. The van der Waals surface area contributed by atoms with E-state index in [0.29, 0.717) is 30.8 Å². The van der Waals surface area contributed by atoms with Crippen molar-refractivity contribution in [3.63, 3.8) is 0 Å². The molecule has 0 aliphatic carbocycles. The average Bonchev–Trinajstić information content (AvgIpc) is 3.52. The summed E-state index contributed by atoms with van der Waals surface area (Å²) < 4.78 is 13.7. The number of likely N-dealkylation sites (tertiary alicyclic amines) is 1. The fraction of sp³-hybridized carbons (Fsp3) is 0.485. The first-order valence-corrected chi connectivity index (χ1v) is 15.0. The molecule has 44 heavy (non-hydrogen) atoms. The van der Waals surface area contributed by atoms with E-state index in [4.69, 9.17) is 0 Å². The number of hydrogen-bond acceptors (Lipinski definition) is 5. The monoisotopic (exact) mass is 602 g/mol. The molecule has 2 aromatic carbocycles. The van der Waals surface area contributed by atoms with Crippen LogP contribution in [0.25, 0.3) is 0 Å². The molecule has 232 valence electrons. The third-order valence-corrected chi connectivity index (χ3v) is 8.94. The summed E-state index contributed by atoms with van der Waals surface area (Å²) in [4.78, 5) is 59.4. The van der Waals surface area contributed by atoms with Gasteiger partial charge in [-0.2, -0.15) is 5.26 Å². The van der Waals surface area contributed by atoms with E-state index in [1.807, 2.05) is 39.0 Å². The van der Waals surface area contributed by atoms with E-state index in [2.05, 4.69) is 16.7 Å². The van der Waals surface area contributed by atoms with Crippen LogP contribution in [0.3, 0.4) is 0 Å². The summed E-state index contributed by atoms with van der Waals surface area (Å²) >= 11 is 0. The van der Waals surface area contributed by atoms with Gasteiger partial charge in [-0.25, -0.2) is 9.18 Å². The van der Waals surface area contributed by atoms with Gasteiger partial charge in [0.2, 0.25) is 17.7 Å². The van der Waals surface area contributed by atoms with Crippen LogP contribution in [0.15, 0.2) is 48.5 Å². The van der Waals surface area contributed by atoms with Gasteiger partial charge in [-0.05, 0) is 47.6 Å². The molecule has 2 N–H and O–H groups in total. The number of nitrogens with one attached hydrogen (secondary N) is 2. The first-order chi connectivity index (χ1) is 20.8. The lowest BCUT2D eigenvalue weighted by molar-refractivity contribution is -0.148. The number of likely N-dealkylation sites (N-methyl/N-ethyl adjacent to an activating group) is 1. The molecule has 0 saturated carbocycles. The van der Waals surface area contributed by atoms with Gasteiger partial charge in [-0.3, -0.25) is 14.4 Å².